The molecule has 3 nitrogen and oxygen atoms in total. The minimum absolute atomic E-state index is 0.264. The van der Waals surface area contributed by atoms with Gasteiger partial charge in [-0.25, -0.2) is 8.42 Å². The molecule has 1 N–H and O–H groups in total. The Kier molecular flexibility index (Phi) is 4.38. The SMILES string of the molecule is CCCC(NCCS(C)(=O)=O)C1CC1. The standard InChI is InChI=1S/C10H21NO2S/c1-3-4-10(9-5-6-9)11-7-8-14(2,12)13/h9-11H,3-8H2,1-2H3. The summed E-state index contributed by atoms with van der Waals surface area (Å²) in [5.41, 5.74) is 0. The van der Waals surface area contributed by atoms with Crippen LogP contribution in [-0.4, -0.2) is 33.0 Å². The smallest absolute Gasteiger partial charge is 0.148 e. The van der Waals surface area contributed by atoms with Crippen LogP contribution in [0.25, 0.3) is 0 Å². The van der Waals surface area contributed by atoms with Crippen molar-refractivity contribution in [1.82, 2.24) is 5.32 Å². The molecule has 0 aliphatic heterocycles. The molecule has 0 bridgehead atoms. The van der Waals surface area contributed by atoms with E-state index in [4.69, 9.17) is 0 Å². The van der Waals surface area contributed by atoms with Gasteiger partial charge >= 0.3 is 0 Å². The fourth-order valence-corrected chi connectivity index (χ4v) is 2.23. The van der Waals surface area contributed by atoms with Gasteiger partial charge in [-0.2, -0.15) is 0 Å². The number of nitrogens with one attached hydrogen (secondary N) is 1. The summed E-state index contributed by atoms with van der Waals surface area (Å²) in [5.74, 6) is 1.08. The Morgan fingerprint density at radius 1 is 1.43 bits per heavy atom. The van der Waals surface area contributed by atoms with Crippen molar-refractivity contribution in [2.75, 3.05) is 18.6 Å². The first kappa shape index (κ1) is 12.0. The van der Waals surface area contributed by atoms with Crippen molar-refractivity contribution < 1.29 is 8.42 Å². The van der Waals surface area contributed by atoms with Crippen LogP contribution in [0.4, 0.5) is 0 Å². The zero-order valence-corrected chi connectivity index (χ0v) is 9.94. The molecule has 1 rings (SSSR count). The van der Waals surface area contributed by atoms with Crippen LogP contribution >= 0.6 is 0 Å². The van der Waals surface area contributed by atoms with Crippen molar-refractivity contribution in [2.45, 2.75) is 38.6 Å². The molecule has 1 aliphatic rings. The van der Waals surface area contributed by atoms with E-state index in [0.717, 1.165) is 5.92 Å². The van der Waals surface area contributed by atoms with Crippen molar-refractivity contribution in [3.05, 3.63) is 0 Å². The summed E-state index contributed by atoms with van der Waals surface area (Å²) in [6, 6.07) is 0.557. The fraction of sp³-hybridized carbons (Fsp3) is 1.00. The van der Waals surface area contributed by atoms with E-state index in [1.165, 1.54) is 31.9 Å². The monoisotopic (exact) mass is 219 g/mol. The molecule has 84 valence electrons. The fourth-order valence-electron chi connectivity index (χ4n) is 1.74. The average Bonchev–Trinajstić information content (AvgIpc) is 2.83. The van der Waals surface area contributed by atoms with Gasteiger partial charge in [-0.1, -0.05) is 13.3 Å². The molecule has 1 aliphatic carbocycles. The second kappa shape index (κ2) is 5.12. The third kappa shape index (κ3) is 4.96. The second-order valence-corrected chi connectivity index (χ2v) is 6.58. The van der Waals surface area contributed by atoms with Gasteiger partial charge in [0.15, 0.2) is 0 Å². The summed E-state index contributed by atoms with van der Waals surface area (Å²) in [5, 5.41) is 3.36. The highest BCUT2D eigenvalue weighted by molar-refractivity contribution is 7.90. The first-order chi connectivity index (χ1) is 6.53. The number of hydrogen-bond donors (Lipinski definition) is 1. The highest BCUT2D eigenvalue weighted by Gasteiger charge is 2.29. The van der Waals surface area contributed by atoms with E-state index in [-0.39, 0.29) is 5.75 Å². The normalized spacial score (nSPS) is 19.6. The van der Waals surface area contributed by atoms with Gasteiger partial charge in [-0.3, -0.25) is 0 Å². The van der Waals surface area contributed by atoms with E-state index in [2.05, 4.69) is 12.2 Å². The Balaban J connectivity index is 2.19. The molecular formula is C10H21NO2S. The van der Waals surface area contributed by atoms with Gasteiger partial charge < -0.3 is 5.32 Å². The second-order valence-electron chi connectivity index (χ2n) is 4.32. The van der Waals surface area contributed by atoms with Gasteiger partial charge in [0.2, 0.25) is 0 Å². The van der Waals surface area contributed by atoms with Crippen molar-refractivity contribution in [3.8, 4) is 0 Å². The Morgan fingerprint density at radius 3 is 2.50 bits per heavy atom. The van der Waals surface area contributed by atoms with Crippen LogP contribution in [0.3, 0.4) is 0 Å². The average molecular weight is 219 g/mol. The van der Waals surface area contributed by atoms with Crippen molar-refractivity contribution in [2.24, 2.45) is 5.92 Å². The molecule has 0 amide bonds. The molecule has 0 radical (unpaired) electrons. The quantitative estimate of drug-likeness (QED) is 0.700. The Hall–Kier alpha value is -0.0900. The molecule has 1 unspecified atom stereocenters. The number of hydrogen-bond acceptors (Lipinski definition) is 3. The van der Waals surface area contributed by atoms with Crippen LogP contribution < -0.4 is 5.32 Å². The van der Waals surface area contributed by atoms with E-state index in [0.29, 0.717) is 12.6 Å². The Morgan fingerprint density at radius 2 is 2.07 bits per heavy atom. The molecule has 1 fully saturated rings. The molecule has 0 heterocycles. The van der Waals surface area contributed by atoms with Crippen LogP contribution in [0, 0.1) is 5.92 Å². The molecule has 0 spiro atoms. The van der Waals surface area contributed by atoms with Crippen molar-refractivity contribution >= 4 is 9.84 Å². The first-order valence-corrected chi connectivity index (χ1v) is 7.50. The predicted molar refractivity (Wildman–Crippen MR) is 59.1 cm³/mol. The van der Waals surface area contributed by atoms with E-state index in [9.17, 15) is 8.42 Å². The van der Waals surface area contributed by atoms with Crippen molar-refractivity contribution in [1.29, 1.82) is 0 Å². The minimum atomic E-state index is -2.80. The third-order valence-corrected chi connectivity index (χ3v) is 3.62. The van der Waals surface area contributed by atoms with Crippen LogP contribution in [0.2, 0.25) is 0 Å². The number of sulfone groups is 1. The van der Waals surface area contributed by atoms with Gasteiger partial charge in [0, 0.05) is 18.8 Å². The van der Waals surface area contributed by atoms with Gasteiger partial charge in [0.05, 0.1) is 5.75 Å². The number of rotatable bonds is 7. The van der Waals surface area contributed by atoms with E-state index in [1.807, 2.05) is 0 Å². The maximum Gasteiger partial charge on any atom is 0.148 e. The summed E-state index contributed by atoms with van der Waals surface area (Å²) in [6.45, 7) is 2.79. The van der Waals surface area contributed by atoms with Gasteiger partial charge in [0.1, 0.15) is 9.84 Å². The Bertz CT molecular complexity index is 257. The lowest BCUT2D eigenvalue weighted by atomic mass is 10.1. The lowest BCUT2D eigenvalue weighted by molar-refractivity contribution is 0.441. The summed E-state index contributed by atoms with van der Waals surface area (Å²) < 4.78 is 21.8. The molecule has 0 aromatic rings. The molecular weight excluding hydrogens is 198 g/mol. The summed E-state index contributed by atoms with van der Waals surface area (Å²) in [6.07, 6.45) is 6.27. The molecule has 1 atom stereocenters. The van der Waals surface area contributed by atoms with Crippen LogP contribution in [0.5, 0.6) is 0 Å². The largest absolute Gasteiger partial charge is 0.313 e. The van der Waals surface area contributed by atoms with Crippen LogP contribution in [0.1, 0.15) is 32.6 Å². The molecule has 14 heavy (non-hydrogen) atoms. The summed E-state index contributed by atoms with van der Waals surface area (Å²) >= 11 is 0. The third-order valence-electron chi connectivity index (χ3n) is 2.67. The highest BCUT2D eigenvalue weighted by Crippen LogP contribution is 2.34. The summed E-state index contributed by atoms with van der Waals surface area (Å²) in [4.78, 5) is 0. The maximum absolute atomic E-state index is 10.9. The lowest BCUT2D eigenvalue weighted by Gasteiger charge is -2.16. The Labute approximate surface area is 87.2 Å². The first-order valence-electron chi connectivity index (χ1n) is 5.44. The molecule has 4 heteroatoms. The molecule has 0 saturated heterocycles. The van der Waals surface area contributed by atoms with Crippen LogP contribution in [0.15, 0.2) is 0 Å². The predicted octanol–water partition coefficient (Wildman–Crippen LogP) is 1.20. The molecule has 1 saturated carbocycles. The molecule has 0 aromatic carbocycles. The maximum atomic E-state index is 10.9. The van der Waals surface area contributed by atoms with E-state index < -0.39 is 9.84 Å². The van der Waals surface area contributed by atoms with Crippen molar-refractivity contribution in [3.63, 3.8) is 0 Å². The van der Waals surface area contributed by atoms with Gasteiger partial charge in [-0.15, -0.1) is 0 Å². The van der Waals surface area contributed by atoms with Gasteiger partial charge in [-0.05, 0) is 25.2 Å². The lowest BCUT2D eigenvalue weighted by Crippen LogP contribution is -2.34. The minimum Gasteiger partial charge on any atom is -0.313 e. The molecule has 0 aromatic heterocycles. The summed E-state index contributed by atoms with van der Waals surface area (Å²) in [7, 11) is -2.80. The zero-order valence-electron chi connectivity index (χ0n) is 9.12. The highest BCUT2D eigenvalue weighted by atomic mass is 32.2. The topological polar surface area (TPSA) is 46.2 Å². The van der Waals surface area contributed by atoms with Crippen LogP contribution in [-0.2, 0) is 9.84 Å². The van der Waals surface area contributed by atoms with Gasteiger partial charge in [0.25, 0.3) is 0 Å². The van der Waals surface area contributed by atoms with E-state index >= 15 is 0 Å². The zero-order chi connectivity index (χ0) is 10.6. The van der Waals surface area contributed by atoms with E-state index in [1.54, 1.807) is 0 Å².